The van der Waals surface area contributed by atoms with Gasteiger partial charge in [0.05, 0.1) is 5.92 Å². The fourth-order valence-corrected chi connectivity index (χ4v) is 3.83. The largest absolute Gasteiger partial charge is 0.481 e. The third-order valence-corrected chi connectivity index (χ3v) is 5.24. The molecule has 0 aromatic heterocycles. The Hall–Kier alpha value is -1.06. The summed E-state index contributed by atoms with van der Waals surface area (Å²) in [5.74, 6) is -0.127. The van der Waals surface area contributed by atoms with Gasteiger partial charge in [0.25, 0.3) is 0 Å². The van der Waals surface area contributed by atoms with Gasteiger partial charge in [-0.15, -0.1) is 0 Å². The van der Waals surface area contributed by atoms with Crippen LogP contribution < -0.4 is 5.32 Å². The van der Waals surface area contributed by atoms with E-state index < -0.39 is 5.97 Å². The molecule has 3 nitrogen and oxygen atoms in total. The highest BCUT2D eigenvalue weighted by Gasteiger charge is 2.33. The summed E-state index contributed by atoms with van der Waals surface area (Å²) in [6.07, 6.45) is 5.96. The van der Waals surface area contributed by atoms with E-state index >= 15 is 0 Å². The van der Waals surface area contributed by atoms with Crippen LogP contribution in [0.15, 0.2) is 24.3 Å². The lowest BCUT2D eigenvalue weighted by atomic mass is 9.75. The van der Waals surface area contributed by atoms with Crippen LogP contribution in [0, 0.1) is 5.92 Å². The molecule has 0 atom stereocenters. The molecule has 0 radical (unpaired) electrons. The Morgan fingerprint density at radius 2 is 1.86 bits per heavy atom. The number of aliphatic carboxylic acids is 1. The zero-order chi connectivity index (χ0) is 14.8. The molecule has 2 N–H and O–H groups in total. The van der Waals surface area contributed by atoms with Crippen LogP contribution in [0.5, 0.6) is 0 Å². The van der Waals surface area contributed by atoms with Crippen LogP contribution in [-0.2, 0) is 4.79 Å². The van der Waals surface area contributed by atoms with Crippen LogP contribution in [0.3, 0.4) is 0 Å². The quantitative estimate of drug-likeness (QED) is 0.889. The SMILES string of the molecule is O=C(O)C1CCC(NC2CC(c3cccc(Cl)c3)C2)CC1. The number of hydrogen-bond donors (Lipinski definition) is 2. The molecular formula is C17H22ClNO2. The molecule has 0 spiro atoms. The van der Waals surface area contributed by atoms with Gasteiger partial charge in [-0.2, -0.15) is 0 Å². The average Bonchev–Trinajstić information content (AvgIpc) is 2.43. The summed E-state index contributed by atoms with van der Waals surface area (Å²) in [6.45, 7) is 0. The van der Waals surface area contributed by atoms with Crippen molar-refractivity contribution in [2.75, 3.05) is 0 Å². The number of carboxylic acids is 1. The van der Waals surface area contributed by atoms with Gasteiger partial charge in [-0.3, -0.25) is 4.79 Å². The highest BCUT2D eigenvalue weighted by molar-refractivity contribution is 6.30. The fourth-order valence-electron chi connectivity index (χ4n) is 3.63. The average molecular weight is 308 g/mol. The highest BCUT2D eigenvalue weighted by atomic mass is 35.5. The van der Waals surface area contributed by atoms with E-state index in [9.17, 15) is 4.79 Å². The first-order valence-corrected chi connectivity index (χ1v) is 8.24. The Morgan fingerprint density at radius 1 is 1.14 bits per heavy atom. The van der Waals surface area contributed by atoms with Crippen molar-refractivity contribution in [3.63, 3.8) is 0 Å². The molecule has 3 rings (SSSR count). The first kappa shape index (κ1) is 14.9. The second kappa shape index (κ2) is 6.37. The summed E-state index contributed by atoms with van der Waals surface area (Å²) in [6, 6.07) is 9.25. The maximum Gasteiger partial charge on any atom is 0.306 e. The van der Waals surface area contributed by atoms with Crippen molar-refractivity contribution in [1.29, 1.82) is 0 Å². The van der Waals surface area contributed by atoms with Gasteiger partial charge in [0.1, 0.15) is 0 Å². The van der Waals surface area contributed by atoms with Crippen molar-refractivity contribution < 1.29 is 9.90 Å². The summed E-state index contributed by atoms with van der Waals surface area (Å²) < 4.78 is 0. The Balaban J connectivity index is 1.42. The van der Waals surface area contributed by atoms with Gasteiger partial charge in [0, 0.05) is 17.1 Å². The molecule has 2 fully saturated rings. The number of nitrogens with one attached hydrogen (secondary N) is 1. The number of carboxylic acid groups (broad SMARTS) is 1. The van der Waals surface area contributed by atoms with E-state index in [-0.39, 0.29) is 5.92 Å². The van der Waals surface area contributed by atoms with Crippen LogP contribution in [0.4, 0.5) is 0 Å². The smallest absolute Gasteiger partial charge is 0.306 e. The molecule has 4 heteroatoms. The standard InChI is InChI=1S/C17H22ClNO2/c18-14-3-1-2-12(8-14)13-9-16(10-13)19-15-6-4-11(5-7-15)17(20)21/h1-3,8,11,13,15-16,19H,4-7,9-10H2,(H,20,21). The van der Waals surface area contributed by atoms with Crippen molar-refractivity contribution in [2.24, 2.45) is 5.92 Å². The number of carbonyl (C=O) groups is 1. The van der Waals surface area contributed by atoms with Crippen molar-refractivity contribution in [3.05, 3.63) is 34.9 Å². The van der Waals surface area contributed by atoms with Crippen LogP contribution in [0.2, 0.25) is 5.02 Å². The van der Waals surface area contributed by atoms with Crippen molar-refractivity contribution in [3.8, 4) is 0 Å². The predicted molar refractivity (Wildman–Crippen MR) is 83.7 cm³/mol. The van der Waals surface area contributed by atoms with Gasteiger partial charge >= 0.3 is 5.97 Å². The number of halogens is 1. The minimum Gasteiger partial charge on any atom is -0.481 e. The molecule has 1 aromatic carbocycles. The Kier molecular flexibility index (Phi) is 4.51. The summed E-state index contributed by atoms with van der Waals surface area (Å²) >= 11 is 6.04. The zero-order valence-corrected chi connectivity index (χ0v) is 12.9. The summed E-state index contributed by atoms with van der Waals surface area (Å²) in [7, 11) is 0. The lowest BCUT2D eigenvalue weighted by molar-refractivity contribution is -0.142. The topological polar surface area (TPSA) is 49.3 Å². The Bertz CT molecular complexity index is 505. The molecule has 0 amide bonds. The first-order valence-electron chi connectivity index (χ1n) is 7.86. The molecule has 2 aliphatic carbocycles. The van der Waals surface area contributed by atoms with Gasteiger partial charge < -0.3 is 10.4 Å². The maximum atomic E-state index is 10.9. The molecule has 0 aliphatic heterocycles. The van der Waals surface area contributed by atoms with E-state index in [4.69, 9.17) is 16.7 Å². The molecule has 0 bridgehead atoms. The highest BCUT2D eigenvalue weighted by Crippen LogP contribution is 2.38. The van der Waals surface area contributed by atoms with Crippen LogP contribution in [-0.4, -0.2) is 23.2 Å². The molecule has 1 aromatic rings. The van der Waals surface area contributed by atoms with Crippen molar-refractivity contribution >= 4 is 17.6 Å². The minimum absolute atomic E-state index is 0.122. The fraction of sp³-hybridized carbons (Fsp3) is 0.588. The third kappa shape index (κ3) is 3.58. The lowest BCUT2D eigenvalue weighted by Gasteiger charge is -2.40. The lowest BCUT2D eigenvalue weighted by Crippen LogP contribution is -2.47. The second-order valence-corrected chi connectivity index (χ2v) is 6.91. The van der Waals surface area contributed by atoms with E-state index in [0.29, 0.717) is 18.0 Å². The third-order valence-electron chi connectivity index (χ3n) is 5.01. The molecule has 0 heterocycles. The van der Waals surface area contributed by atoms with Crippen molar-refractivity contribution in [2.45, 2.75) is 56.5 Å². The molecule has 2 aliphatic rings. The molecule has 114 valence electrons. The minimum atomic E-state index is -0.627. The van der Waals surface area contributed by atoms with E-state index in [0.717, 1.165) is 30.7 Å². The summed E-state index contributed by atoms with van der Waals surface area (Å²) in [5, 5.41) is 13.5. The molecular weight excluding hydrogens is 286 g/mol. The number of rotatable bonds is 4. The van der Waals surface area contributed by atoms with Gasteiger partial charge in [-0.05, 0) is 62.1 Å². The van der Waals surface area contributed by atoms with Crippen LogP contribution in [0.25, 0.3) is 0 Å². The second-order valence-electron chi connectivity index (χ2n) is 6.47. The number of hydrogen-bond acceptors (Lipinski definition) is 2. The monoisotopic (exact) mass is 307 g/mol. The zero-order valence-electron chi connectivity index (χ0n) is 12.1. The van der Waals surface area contributed by atoms with Crippen LogP contribution in [0.1, 0.15) is 50.0 Å². The van der Waals surface area contributed by atoms with Gasteiger partial charge in [0.2, 0.25) is 0 Å². The summed E-state index contributed by atoms with van der Waals surface area (Å²) in [5.41, 5.74) is 1.34. The molecule has 0 unspecified atom stereocenters. The van der Waals surface area contributed by atoms with E-state index in [1.165, 1.54) is 18.4 Å². The number of benzene rings is 1. The molecule has 21 heavy (non-hydrogen) atoms. The maximum absolute atomic E-state index is 10.9. The Labute approximate surface area is 130 Å². The van der Waals surface area contributed by atoms with Gasteiger partial charge in [-0.25, -0.2) is 0 Å². The molecule has 2 saturated carbocycles. The van der Waals surface area contributed by atoms with E-state index in [2.05, 4.69) is 17.4 Å². The van der Waals surface area contributed by atoms with Crippen molar-refractivity contribution in [1.82, 2.24) is 5.32 Å². The van der Waals surface area contributed by atoms with Gasteiger partial charge in [-0.1, -0.05) is 23.7 Å². The predicted octanol–water partition coefficient (Wildman–Crippen LogP) is 3.82. The molecule has 0 saturated heterocycles. The normalized spacial score (nSPS) is 32.4. The Morgan fingerprint density at radius 3 is 2.48 bits per heavy atom. The van der Waals surface area contributed by atoms with Crippen LogP contribution >= 0.6 is 11.6 Å². The summed E-state index contributed by atoms with van der Waals surface area (Å²) in [4.78, 5) is 10.9. The first-order chi connectivity index (χ1) is 10.1. The van der Waals surface area contributed by atoms with E-state index in [1.54, 1.807) is 0 Å². The van der Waals surface area contributed by atoms with Gasteiger partial charge in [0.15, 0.2) is 0 Å². The van der Waals surface area contributed by atoms with E-state index in [1.807, 2.05) is 12.1 Å².